The summed E-state index contributed by atoms with van der Waals surface area (Å²) in [6.45, 7) is 9.72. The van der Waals surface area contributed by atoms with Crippen LogP contribution in [0.2, 0.25) is 0 Å². The van der Waals surface area contributed by atoms with E-state index in [0.717, 1.165) is 0 Å². The summed E-state index contributed by atoms with van der Waals surface area (Å²) in [5.41, 5.74) is -1.33. The standard InChI is InChI=1S/C11H22O3/c1-6-11(13,9(5)8(3)4)10(12)14-7-2/h8-9,13H,6-7H2,1-5H3. The Labute approximate surface area is 86.5 Å². The molecule has 0 amide bonds. The molecule has 84 valence electrons. The van der Waals surface area contributed by atoms with Crippen molar-refractivity contribution < 1.29 is 14.6 Å². The Hall–Kier alpha value is -0.570. The van der Waals surface area contributed by atoms with Gasteiger partial charge in [0.2, 0.25) is 0 Å². The summed E-state index contributed by atoms with van der Waals surface area (Å²) in [6, 6.07) is 0. The first-order valence-electron chi connectivity index (χ1n) is 5.29. The lowest BCUT2D eigenvalue weighted by molar-refractivity contribution is -0.173. The molecule has 2 unspecified atom stereocenters. The third-order valence-electron chi connectivity index (χ3n) is 2.92. The lowest BCUT2D eigenvalue weighted by atomic mass is 9.79. The smallest absolute Gasteiger partial charge is 0.338 e. The van der Waals surface area contributed by atoms with Crippen LogP contribution >= 0.6 is 0 Å². The zero-order valence-electron chi connectivity index (χ0n) is 9.83. The number of esters is 1. The third-order valence-corrected chi connectivity index (χ3v) is 2.92. The maximum atomic E-state index is 11.6. The molecule has 3 nitrogen and oxygen atoms in total. The van der Waals surface area contributed by atoms with Crippen molar-refractivity contribution in [2.75, 3.05) is 6.61 Å². The fourth-order valence-electron chi connectivity index (χ4n) is 1.46. The molecule has 0 bridgehead atoms. The molecule has 0 aromatic rings. The van der Waals surface area contributed by atoms with Crippen LogP contribution in [0.4, 0.5) is 0 Å². The Morgan fingerprint density at radius 1 is 1.36 bits per heavy atom. The van der Waals surface area contributed by atoms with Gasteiger partial charge in [-0.2, -0.15) is 0 Å². The highest BCUT2D eigenvalue weighted by atomic mass is 16.5. The molecule has 0 heterocycles. The van der Waals surface area contributed by atoms with E-state index in [0.29, 0.717) is 13.0 Å². The molecule has 0 aliphatic heterocycles. The quantitative estimate of drug-likeness (QED) is 0.693. The Morgan fingerprint density at radius 2 is 1.86 bits per heavy atom. The van der Waals surface area contributed by atoms with Gasteiger partial charge in [0, 0.05) is 0 Å². The molecular formula is C11H22O3. The second-order valence-corrected chi connectivity index (χ2v) is 4.03. The number of carbonyl (C=O) groups is 1. The molecule has 0 aromatic carbocycles. The van der Waals surface area contributed by atoms with Gasteiger partial charge in [-0.3, -0.25) is 0 Å². The SMILES string of the molecule is CCOC(=O)C(O)(CC)C(C)C(C)C. The first-order chi connectivity index (χ1) is 6.40. The summed E-state index contributed by atoms with van der Waals surface area (Å²) in [5.74, 6) is -0.334. The summed E-state index contributed by atoms with van der Waals surface area (Å²) in [5, 5.41) is 10.2. The van der Waals surface area contributed by atoms with Crippen LogP contribution < -0.4 is 0 Å². The van der Waals surface area contributed by atoms with Crippen LogP contribution in [0.25, 0.3) is 0 Å². The van der Waals surface area contributed by atoms with Crippen molar-refractivity contribution in [3.63, 3.8) is 0 Å². The van der Waals surface area contributed by atoms with Crippen LogP contribution in [0, 0.1) is 11.8 Å². The van der Waals surface area contributed by atoms with E-state index in [2.05, 4.69) is 0 Å². The predicted molar refractivity (Wildman–Crippen MR) is 55.9 cm³/mol. The van der Waals surface area contributed by atoms with Crippen molar-refractivity contribution in [1.82, 2.24) is 0 Å². The highest BCUT2D eigenvalue weighted by molar-refractivity contribution is 5.79. The van der Waals surface area contributed by atoms with Crippen molar-refractivity contribution in [3.05, 3.63) is 0 Å². The van der Waals surface area contributed by atoms with Gasteiger partial charge in [0.05, 0.1) is 6.61 Å². The minimum Gasteiger partial charge on any atom is -0.464 e. The van der Waals surface area contributed by atoms with Gasteiger partial charge in [-0.15, -0.1) is 0 Å². The largest absolute Gasteiger partial charge is 0.464 e. The molecule has 0 saturated heterocycles. The number of rotatable bonds is 5. The number of ether oxygens (including phenoxy) is 1. The maximum Gasteiger partial charge on any atom is 0.338 e. The predicted octanol–water partition coefficient (Wildman–Crippen LogP) is 1.98. The highest BCUT2D eigenvalue weighted by Crippen LogP contribution is 2.28. The molecule has 0 rings (SSSR count). The fraction of sp³-hybridized carbons (Fsp3) is 0.909. The first-order valence-corrected chi connectivity index (χ1v) is 5.29. The normalized spacial score (nSPS) is 17.6. The summed E-state index contributed by atoms with van der Waals surface area (Å²) in [7, 11) is 0. The van der Waals surface area contributed by atoms with Crippen molar-refractivity contribution in [1.29, 1.82) is 0 Å². The van der Waals surface area contributed by atoms with E-state index < -0.39 is 11.6 Å². The lowest BCUT2D eigenvalue weighted by Gasteiger charge is -2.33. The average Bonchev–Trinajstić information content (AvgIpc) is 2.15. The Morgan fingerprint density at radius 3 is 2.14 bits per heavy atom. The average molecular weight is 202 g/mol. The van der Waals surface area contributed by atoms with Gasteiger partial charge in [0.15, 0.2) is 5.60 Å². The van der Waals surface area contributed by atoms with Crippen molar-refractivity contribution in [2.45, 2.75) is 46.6 Å². The topological polar surface area (TPSA) is 46.5 Å². The summed E-state index contributed by atoms with van der Waals surface area (Å²) in [4.78, 5) is 11.6. The summed E-state index contributed by atoms with van der Waals surface area (Å²) in [6.07, 6.45) is 0.394. The molecule has 1 N–H and O–H groups in total. The van der Waals surface area contributed by atoms with Crippen LogP contribution in [-0.2, 0) is 9.53 Å². The second-order valence-electron chi connectivity index (χ2n) is 4.03. The molecule has 2 atom stereocenters. The molecular weight excluding hydrogens is 180 g/mol. The van der Waals surface area contributed by atoms with Crippen molar-refractivity contribution in [2.24, 2.45) is 11.8 Å². The fourth-order valence-corrected chi connectivity index (χ4v) is 1.46. The van der Waals surface area contributed by atoms with Gasteiger partial charge < -0.3 is 9.84 Å². The first kappa shape index (κ1) is 13.4. The molecule has 0 aliphatic rings. The molecule has 0 spiro atoms. The van der Waals surface area contributed by atoms with Crippen LogP contribution in [0.15, 0.2) is 0 Å². The van der Waals surface area contributed by atoms with E-state index in [-0.39, 0.29) is 11.8 Å². The maximum absolute atomic E-state index is 11.6. The van der Waals surface area contributed by atoms with Gasteiger partial charge >= 0.3 is 5.97 Å². The Bertz CT molecular complexity index is 189. The summed E-state index contributed by atoms with van der Waals surface area (Å²) >= 11 is 0. The van der Waals surface area contributed by atoms with E-state index in [1.807, 2.05) is 20.8 Å². The molecule has 14 heavy (non-hydrogen) atoms. The summed E-state index contributed by atoms with van der Waals surface area (Å²) < 4.78 is 4.88. The zero-order chi connectivity index (χ0) is 11.4. The molecule has 0 fully saturated rings. The monoisotopic (exact) mass is 202 g/mol. The van der Waals surface area contributed by atoms with Crippen molar-refractivity contribution >= 4 is 5.97 Å². The van der Waals surface area contributed by atoms with Gasteiger partial charge in [0.1, 0.15) is 0 Å². The van der Waals surface area contributed by atoms with E-state index in [1.54, 1.807) is 13.8 Å². The van der Waals surface area contributed by atoms with Gasteiger partial charge in [0.25, 0.3) is 0 Å². The number of hydrogen-bond donors (Lipinski definition) is 1. The minimum absolute atomic E-state index is 0.0912. The molecule has 3 heteroatoms. The van der Waals surface area contributed by atoms with E-state index in [4.69, 9.17) is 4.74 Å². The van der Waals surface area contributed by atoms with Crippen LogP contribution in [0.3, 0.4) is 0 Å². The van der Waals surface area contributed by atoms with Crippen LogP contribution in [-0.4, -0.2) is 23.3 Å². The molecule has 0 radical (unpaired) electrons. The van der Waals surface area contributed by atoms with Crippen LogP contribution in [0.5, 0.6) is 0 Å². The molecule has 0 aromatic heterocycles. The van der Waals surface area contributed by atoms with Crippen molar-refractivity contribution in [3.8, 4) is 0 Å². The van der Waals surface area contributed by atoms with E-state index in [1.165, 1.54) is 0 Å². The van der Waals surface area contributed by atoms with E-state index in [9.17, 15) is 9.90 Å². The number of hydrogen-bond acceptors (Lipinski definition) is 3. The van der Waals surface area contributed by atoms with Crippen LogP contribution in [0.1, 0.15) is 41.0 Å². The molecule has 0 aliphatic carbocycles. The number of aliphatic hydroxyl groups is 1. The minimum atomic E-state index is -1.33. The highest BCUT2D eigenvalue weighted by Gasteiger charge is 2.42. The van der Waals surface area contributed by atoms with Gasteiger partial charge in [-0.25, -0.2) is 4.79 Å². The zero-order valence-corrected chi connectivity index (χ0v) is 9.83. The van der Waals surface area contributed by atoms with E-state index >= 15 is 0 Å². The Balaban J connectivity index is 4.69. The lowest BCUT2D eigenvalue weighted by Crippen LogP contribution is -2.47. The second kappa shape index (κ2) is 5.35. The Kier molecular flexibility index (Phi) is 5.13. The number of carbonyl (C=O) groups excluding carboxylic acids is 1. The van der Waals surface area contributed by atoms with Gasteiger partial charge in [-0.05, 0) is 25.2 Å². The van der Waals surface area contributed by atoms with Gasteiger partial charge in [-0.1, -0.05) is 27.7 Å². The third kappa shape index (κ3) is 2.71. The molecule has 0 saturated carbocycles.